The normalized spacial score (nSPS) is 28.2. The van der Waals surface area contributed by atoms with Crippen molar-refractivity contribution < 1.29 is 14.7 Å². The number of hydrogen-bond acceptors (Lipinski definition) is 4. The van der Waals surface area contributed by atoms with Gasteiger partial charge in [-0.05, 0) is 18.3 Å². The minimum atomic E-state index is -1.14. The summed E-state index contributed by atoms with van der Waals surface area (Å²) in [6, 6.07) is 9.41. The van der Waals surface area contributed by atoms with Gasteiger partial charge in [-0.15, -0.1) is 0 Å². The molecule has 0 aliphatic heterocycles. The molecule has 5 heteroatoms. The number of hydrogen-bond donors (Lipinski definition) is 0. The van der Waals surface area contributed by atoms with Crippen LogP contribution in [-0.4, -0.2) is 21.4 Å². The van der Waals surface area contributed by atoms with E-state index < -0.39 is 17.8 Å². The SMILES string of the molecule is O=C([O-])C1C2C=CC(C2)C1C(=O)n1ccnc1-c1ccccc1. The van der Waals surface area contributed by atoms with Crippen LogP contribution in [0.25, 0.3) is 11.4 Å². The van der Waals surface area contributed by atoms with E-state index in [9.17, 15) is 14.7 Å². The molecule has 2 aliphatic rings. The highest BCUT2D eigenvalue weighted by Crippen LogP contribution is 2.48. The maximum absolute atomic E-state index is 13.0. The number of fused-ring (bicyclic) bond motifs is 2. The van der Waals surface area contributed by atoms with Crippen LogP contribution < -0.4 is 5.11 Å². The van der Waals surface area contributed by atoms with Gasteiger partial charge in [0.05, 0.1) is 5.92 Å². The predicted octanol–water partition coefficient (Wildman–Crippen LogP) is 1.38. The van der Waals surface area contributed by atoms with Gasteiger partial charge in [0, 0.05) is 29.8 Å². The summed E-state index contributed by atoms with van der Waals surface area (Å²) in [5, 5.41) is 11.5. The molecule has 4 atom stereocenters. The van der Waals surface area contributed by atoms with Crippen LogP contribution in [0.2, 0.25) is 0 Å². The van der Waals surface area contributed by atoms with Gasteiger partial charge >= 0.3 is 0 Å². The van der Waals surface area contributed by atoms with Gasteiger partial charge in [-0.2, -0.15) is 0 Å². The molecule has 1 fully saturated rings. The van der Waals surface area contributed by atoms with E-state index >= 15 is 0 Å². The molecule has 1 aromatic heterocycles. The van der Waals surface area contributed by atoms with Crippen molar-refractivity contribution >= 4 is 11.9 Å². The molecule has 0 amide bonds. The lowest BCUT2D eigenvalue weighted by atomic mass is 9.82. The van der Waals surface area contributed by atoms with Crippen molar-refractivity contribution in [3.63, 3.8) is 0 Å². The van der Waals surface area contributed by atoms with Crippen molar-refractivity contribution in [1.29, 1.82) is 0 Å². The van der Waals surface area contributed by atoms with Crippen molar-refractivity contribution in [1.82, 2.24) is 9.55 Å². The Labute approximate surface area is 133 Å². The number of aliphatic carboxylic acids is 1. The van der Waals surface area contributed by atoms with Gasteiger partial charge < -0.3 is 9.90 Å². The van der Waals surface area contributed by atoms with Crippen LogP contribution in [0, 0.1) is 23.7 Å². The third-order valence-corrected chi connectivity index (χ3v) is 4.93. The Bertz CT molecular complexity index is 794. The van der Waals surface area contributed by atoms with Gasteiger partial charge in [0.1, 0.15) is 5.82 Å². The summed E-state index contributed by atoms with van der Waals surface area (Å²) in [6.45, 7) is 0. The minimum absolute atomic E-state index is 0.0265. The van der Waals surface area contributed by atoms with E-state index in [1.165, 1.54) is 4.57 Å². The Balaban J connectivity index is 1.72. The summed E-state index contributed by atoms with van der Waals surface area (Å²) < 4.78 is 1.48. The van der Waals surface area contributed by atoms with E-state index in [1.54, 1.807) is 12.4 Å². The van der Waals surface area contributed by atoms with Crippen LogP contribution in [0.4, 0.5) is 0 Å². The Morgan fingerprint density at radius 1 is 1.09 bits per heavy atom. The number of nitrogens with zero attached hydrogens (tertiary/aromatic N) is 2. The quantitative estimate of drug-likeness (QED) is 0.803. The first-order valence-electron chi connectivity index (χ1n) is 7.69. The third kappa shape index (κ3) is 2.11. The molecule has 23 heavy (non-hydrogen) atoms. The zero-order chi connectivity index (χ0) is 16.0. The number of allylic oxidation sites excluding steroid dienone is 2. The lowest BCUT2D eigenvalue weighted by molar-refractivity contribution is -0.313. The first-order chi connectivity index (χ1) is 11.2. The molecule has 1 saturated carbocycles. The Hall–Kier alpha value is -2.69. The highest BCUT2D eigenvalue weighted by Gasteiger charge is 2.49. The fourth-order valence-corrected chi connectivity index (χ4v) is 3.92. The van der Waals surface area contributed by atoms with Crippen LogP contribution in [-0.2, 0) is 4.79 Å². The second kappa shape index (κ2) is 5.19. The molecule has 4 unspecified atom stereocenters. The summed E-state index contributed by atoms with van der Waals surface area (Å²) in [6.07, 6.45) is 7.75. The fraction of sp³-hybridized carbons (Fsp3) is 0.278. The van der Waals surface area contributed by atoms with E-state index in [0.29, 0.717) is 12.2 Å². The van der Waals surface area contributed by atoms with Crippen LogP contribution in [0.15, 0.2) is 54.9 Å². The highest BCUT2D eigenvalue weighted by molar-refractivity contribution is 5.90. The number of carboxylic acid groups (broad SMARTS) is 1. The Kier molecular flexibility index (Phi) is 3.15. The van der Waals surface area contributed by atoms with Crippen molar-refractivity contribution in [3.8, 4) is 11.4 Å². The summed E-state index contributed by atoms with van der Waals surface area (Å²) in [4.78, 5) is 28.8. The van der Waals surface area contributed by atoms with Gasteiger partial charge in [-0.3, -0.25) is 9.36 Å². The molecular formula is C18H15N2O3-. The molecule has 116 valence electrons. The summed E-state index contributed by atoms with van der Waals surface area (Å²) in [5.41, 5.74) is 0.828. The van der Waals surface area contributed by atoms with Crippen molar-refractivity contribution in [2.24, 2.45) is 23.7 Å². The van der Waals surface area contributed by atoms with E-state index in [1.807, 2.05) is 42.5 Å². The molecule has 0 radical (unpaired) electrons. The average molecular weight is 307 g/mol. The standard InChI is InChI=1S/C18H16N2O3/c21-17(14-12-6-7-13(10-12)15(14)18(22)23)20-9-8-19-16(20)11-4-2-1-3-5-11/h1-9,12-15H,10H2,(H,22,23)/p-1. The van der Waals surface area contributed by atoms with E-state index in [4.69, 9.17) is 0 Å². The van der Waals surface area contributed by atoms with Gasteiger partial charge in [0.2, 0.25) is 5.91 Å². The zero-order valence-electron chi connectivity index (χ0n) is 12.3. The third-order valence-electron chi connectivity index (χ3n) is 4.93. The Morgan fingerprint density at radius 2 is 1.78 bits per heavy atom. The van der Waals surface area contributed by atoms with Crippen molar-refractivity contribution in [2.45, 2.75) is 6.42 Å². The molecule has 5 nitrogen and oxygen atoms in total. The molecule has 1 heterocycles. The number of aromatic nitrogens is 2. The molecule has 2 bridgehead atoms. The van der Waals surface area contributed by atoms with Crippen LogP contribution in [0.3, 0.4) is 0 Å². The second-order valence-electron chi connectivity index (χ2n) is 6.14. The van der Waals surface area contributed by atoms with Crippen LogP contribution >= 0.6 is 0 Å². The first-order valence-corrected chi connectivity index (χ1v) is 7.69. The lowest BCUT2D eigenvalue weighted by Gasteiger charge is -2.28. The fourth-order valence-electron chi connectivity index (χ4n) is 3.92. The van der Waals surface area contributed by atoms with E-state index in [-0.39, 0.29) is 17.7 Å². The van der Waals surface area contributed by atoms with Gasteiger partial charge in [0.15, 0.2) is 0 Å². The molecule has 0 N–H and O–H groups in total. The Morgan fingerprint density at radius 3 is 2.48 bits per heavy atom. The summed E-state index contributed by atoms with van der Waals surface area (Å²) in [7, 11) is 0. The second-order valence-corrected chi connectivity index (χ2v) is 6.14. The first kappa shape index (κ1) is 13.9. The molecule has 0 spiro atoms. The van der Waals surface area contributed by atoms with Crippen LogP contribution in [0.5, 0.6) is 0 Å². The molecule has 0 saturated heterocycles. The van der Waals surface area contributed by atoms with Crippen molar-refractivity contribution in [2.75, 3.05) is 0 Å². The predicted molar refractivity (Wildman–Crippen MR) is 81.0 cm³/mol. The monoisotopic (exact) mass is 307 g/mol. The van der Waals surface area contributed by atoms with Gasteiger partial charge in [-0.1, -0.05) is 42.5 Å². The number of carbonyl (C=O) groups excluding carboxylic acids is 2. The smallest absolute Gasteiger partial charge is 0.236 e. The number of imidazole rings is 1. The van der Waals surface area contributed by atoms with E-state index in [0.717, 1.165) is 5.56 Å². The summed E-state index contributed by atoms with van der Waals surface area (Å²) in [5.74, 6) is -2.26. The molecular weight excluding hydrogens is 292 g/mol. The molecule has 4 rings (SSSR count). The lowest BCUT2D eigenvalue weighted by Crippen LogP contribution is -2.42. The number of rotatable bonds is 3. The maximum atomic E-state index is 13.0. The molecule has 2 aliphatic carbocycles. The van der Waals surface area contributed by atoms with Crippen LogP contribution in [0.1, 0.15) is 11.2 Å². The summed E-state index contributed by atoms with van der Waals surface area (Å²) >= 11 is 0. The minimum Gasteiger partial charge on any atom is -0.550 e. The van der Waals surface area contributed by atoms with Gasteiger partial charge in [-0.25, -0.2) is 4.98 Å². The average Bonchev–Trinajstić information content (AvgIpc) is 3.29. The number of benzene rings is 1. The maximum Gasteiger partial charge on any atom is 0.236 e. The number of carbonyl (C=O) groups is 2. The molecule has 2 aromatic rings. The van der Waals surface area contributed by atoms with E-state index in [2.05, 4.69) is 4.98 Å². The van der Waals surface area contributed by atoms with Crippen molar-refractivity contribution in [3.05, 3.63) is 54.9 Å². The zero-order valence-corrected chi connectivity index (χ0v) is 12.3. The highest BCUT2D eigenvalue weighted by atomic mass is 16.4. The largest absolute Gasteiger partial charge is 0.550 e. The molecule has 1 aromatic carbocycles. The van der Waals surface area contributed by atoms with Gasteiger partial charge in [0.25, 0.3) is 0 Å². The number of carboxylic acids is 1. The topological polar surface area (TPSA) is 75.0 Å².